The second kappa shape index (κ2) is 14.5. The number of nitrogens with one attached hydrogen (secondary N) is 1. The lowest BCUT2D eigenvalue weighted by Crippen LogP contribution is -2.46. The molecule has 1 aliphatic heterocycles. The smallest absolute Gasteiger partial charge is 0.425 e. The summed E-state index contributed by atoms with van der Waals surface area (Å²) < 4.78 is 17.0. The Morgan fingerprint density at radius 1 is 0.978 bits per heavy atom. The molecule has 236 valence electrons. The fourth-order valence-electron chi connectivity index (χ4n) is 5.41. The third kappa shape index (κ3) is 7.41. The van der Waals surface area contributed by atoms with Gasteiger partial charge < -0.3 is 24.4 Å². The number of hydrogen-bond donors (Lipinski definition) is 1. The number of rotatable bonds is 10. The first-order valence-corrected chi connectivity index (χ1v) is 15.4. The number of hydrogen-bond acceptors (Lipinski definition) is 9. The van der Waals surface area contributed by atoms with Crippen molar-refractivity contribution in [2.75, 3.05) is 62.1 Å². The number of aromatic nitrogens is 2. The zero-order chi connectivity index (χ0) is 31.9. The Morgan fingerprint density at radius 2 is 1.73 bits per heavy atom. The molecule has 3 aromatic carbocycles. The van der Waals surface area contributed by atoms with Gasteiger partial charge in [-0.3, -0.25) is 4.90 Å². The number of halogens is 1. The molecule has 0 atom stereocenters. The summed E-state index contributed by atoms with van der Waals surface area (Å²) in [5, 5.41) is 3.88. The first-order chi connectivity index (χ1) is 21.8. The Hall–Kier alpha value is -4.54. The van der Waals surface area contributed by atoms with E-state index in [1.54, 1.807) is 37.6 Å². The summed E-state index contributed by atoms with van der Waals surface area (Å²) in [5.74, 6) is 2.02. The number of piperazine rings is 1. The Morgan fingerprint density at radius 3 is 2.40 bits per heavy atom. The lowest BCUT2D eigenvalue weighted by atomic mass is 10.1. The maximum atomic E-state index is 13.9. The van der Waals surface area contributed by atoms with E-state index in [0.29, 0.717) is 28.0 Å². The number of nitrogens with zero attached hydrogens (tertiary/aromatic N) is 5. The molecular formula is C34H39ClN6O4. The third-order valence-electron chi connectivity index (χ3n) is 7.74. The van der Waals surface area contributed by atoms with Gasteiger partial charge in [-0.1, -0.05) is 36.7 Å². The summed E-state index contributed by atoms with van der Waals surface area (Å²) in [4.78, 5) is 29.2. The monoisotopic (exact) mass is 630 g/mol. The van der Waals surface area contributed by atoms with Gasteiger partial charge in [0, 0.05) is 50.2 Å². The van der Waals surface area contributed by atoms with Crippen LogP contribution in [0.2, 0.25) is 5.02 Å². The summed E-state index contributed by atoms with van der Waals surface area (Å²) in [6, 6.07) is 18.3. The number of anilines is 5. The first kappa shape index (κ1) is 31.9. The van der Waals surface area contributed by atoms with Crippen molar-refractivity contribution in [1.29, 1.82) is 0 Å². The maximum Gasteiger partial charge on any atom is 0.425 e. The second-order valence-electron chi connectivity index (χ2n) is 10.8. The molecule has 0 saturated carbocycles. The van der Waals surface area contributed by atoms with E-state index < -0.39 is 6.09 Å². The van der Waals surface area contributed by atoms with Gasteiger partial charge in [0.2, 0.25) is 5.95 Å². The minimum atomic E-state index is -0.660. The van der Waals surface area contributed by atoms with Crippen molar-refractivity contribution in [3.05, 3.63) is 83.0 Å². The minimum Gasteiger partial charge on any atom is -0.497 e. The van der Waals surface area contributed by atoms with E-state index in [1.807, 2.05) is 50.2 Å². The van der Waals surface area contributed by atoms with Crippen LogP contribution in [0, 0.1) is 13.8 Å². The maximum absolute atomic E-state index is 13.9. The van der Waals surface area contributed by atoms with Gasteiger partial charge in [-0.05, 0) is 68.3 Å². The predicted octanol–water partition coefficient (Wildman–Crippen LogP) is 7.38. The molecule has 1 aromatic heterocycles. The number of carbonyl (C=O) groups excluding carboxylic acids is 1. The molecule has 0 unspecified atom stereocenters. The average molecular weight is 631 g/mol. The van der Waals surface area contributed by atoms with Crippen molar-refractivity contribution in [2.45, 2.75) is 27.2 Å². The molecule has 1 amide bonds. The van der Waals surface area contributed by atoms with E-state index in [0.717, 1.165) is 61.6 Å². The van der Waals surface area contributed by atoms with Crippen LogP contribution in [-0.2, 0) is 0 Å². The lowest BCUT2D eigenvalue weighted by Gasteiger charge is -2.36. The van der Waals surface area contributed by atoms with Crippen LogP contribution < -0.4 is 29.3 Å². The number of para-hydroxylation sites is 1. The summed E-state index contributed by atoms with van der Waals surface area (Å²) in [6.07, 6.45) is 2.07. The molecule has 2 heterocycles. The zero-order valence-electron chi connectivity index (χ0n) is 26.3. The van der Waals surface area contributed by atoms with Gasteiger partial charge in [0.05, 0.1) is 30.6 Å². The summed E-state index contributed by atoms with van der Waals surface area (Å²) in [5.41, 5.74) is 3.80. The fourth-order valence-corrected chi connectivity index (χ4v) is 5.71. The SMILES string of the molecule is CCCN1CCN(c2ccc(Nc3nccc(N(C(=O)Oc4c(C)cccc4C)c4ccc(OC)cc4OC)n3)cc2Cl)CC1. The molecule has 1 fully saturated rings. The van der Waals surface area contributed by atoms with Crippen LogP contribution in [0.4, 0.5) is 33.6 Å². The van der Waals surface area contributed by atoms with Crippen molar-refractivity contribution >= 4 is 46.5 Å². The molecule has 10 nitrogen and oxygen atoms in total. The Kier molecular flexibility index (Phi) is 10.3. The van der Waals surface area contributed by atoms with Gasteiger partial charge in [0.25, 0.3) is 0 Å². The number of ether oxygens (including phenoxy) is 3. The number of benzene rings is 3. The van der Waals surface area contributed by atoms with Crippen molar-refractivity contribution in [2.24, 2.45) is 0 Å². The molecule has 0 spiro atoms. The first-order valence-electron chi connectivity index (χ1n) is 15.0. The van der Waals surface area contributed by atoms with Crippen LogP contribution in [0.5, 0.6) is 17.2 Å². The normalized spacial score (nSPS) is 13.3. The molecule has 4 aromatic rings. The van der Waals surface area contributed by atoms with Crippen LogP contribution >= 0.6 is 11.6 Å². The van der Waals surface area contributed by atoms with Gasteiger partial charge >= 0.3 is 6.09 Å². The number of amides is 1. The third-order valence-corrected chi connectivity index (χ3v) is 8.04. The lowest BCUT2D eigenvalue weighted by molar-refractivity contribution is 0.209. The fraction of sp³-hybridized carbons (Fsp3) is 0.324. The van der Waals surface area contributed by atoms with Gasteiger partial charge in [0.1, 0.15) is 23.1 Å². The summed E-state index contributed by atoms with van der Waals surface area (Å²) in [7, 11) is 3.09. The Balaban J connectivity index is 1.43. The van der Waals surface area contributed by atoms with E-state index in [1.165, 1.54) is 12.0 Å². The molecule has 1 N–H and O–H groups in total. The molecule has 45 heavy (non-hydrogen) atoms. The minimum absolute atomic E-state index is 0.278. The van der Waals surface area contributed by atoms with Crippen LogP contribution in [0.3, 0.4) is 0 Å². The van der Waals surface area contributed by atoms with Crippen LogP contribution in [0.25, 0.3) is 0 Å². The van der Waals surface area contributed by atoms with Crippen molar-refractivity contribution in [1.82, 2.24) is 14.9 Å². The Bertz CT molecular complexity index is 1620. The van der Waals surface area contributed by atoms with Crippen LogP contribution in [0.15, 0.2) is 66.9 Å². The predicted molar refractivity (Wildman–Crippen MR) is 179 cm³/mol. The quantitative estimate of drug-likeness (QED) is 0.193. The van der Waals surface area contributed by atoms with E-state index in [9.17, 15) is 4.79 Å². The van der Waals surface area contributed by atoms with Gasteiger partial charge in [0.15, 0.2) is 0 Å². The van der Waals surface area contributed by atoms with Crippen LogP contribution in [-0.4, -0.2) is 67.9 Å². The Labute approximate surface area is 269 Å². The average Bonchev–Trinajstić information content (AvgIpc) is 3.04. The highest BCUT2D eigenvalue weighted by Gasteiger charge is 2.27. The molecule has 11 heteroatoms. The highest BCUT2D eigenvalue weighted by molar-refractivity contribution is 6.33. The summed E-state index contributed by atoms with van der Waals surface area (Å²) in [6.45, 7) is 11.0. The van der Waals surface area contributed by atoms with Crippen molar-refractivity contribution < 1.29 is 19.0 Å². The molecule has 0 bridgehead atoms. The topological polar surface area (TPSA) is 92.3 Å². The number of aryl methyl sites for hydroxylation is 2. The molecule has 0 aliphatic carbocycles. The summed E-state index contributed by atoms with van der Waals surface area (Å²) >= 11 is 6.76. The van der Waals surface area contributed by atoms with E-state index in [2.05, 4.69) is 27.0 Å². The largest absolute Gasteiger partial charge is 0.497 e. The zero-order valence-corrected chi connectivity index (χ0v) is 27.1. The molecule has 1 aliphatic rings. The highest BCUT2D eigenvalue weighted by Crippen LogP contribution is 2.38. The van der Waals surface area contributed by atoms with Gasteiger partial charge in [-0.25, -0.2) is 14.7 Å². The van der Waals surface area contributed by atoms with E-state index in [-0.39, 0.29) is 11.8 Å². The standard InChI is InChI=1S/C34H39ClN6O4/c1-6-16-39-17-19-40(20-18-39)28-12-10-25(21-27(28)35)37-33-36-15-14-31(38-33)41(29-13-11-26(43-4)22-30(29)44-5)34(42)45-32-23(2)8-7-9-24(32)3/h7-15,21-22H,6,16-20H2,1-5H3,(H,36,37,38). The van der Waals surface area contributed by atoms with E-state index >= 15 is 0 Å². The van der Waals surface area contributed by atoms with Crippen molar-refractivity contribution in [3.8, 4) is 17.2 Å². The second-order valence-corrected chi connectivity index (χ2v) is 11.2. The molecule has 5 rings (SSSR count). The van der Waals surface area contributed by atoms with Gasteiger partial charge in [-0.15, -0.1) is 0 Å². The van der Waals surface area contributed by atoms with Crippen LogP contribution in [0.1, 0.15) is 24.5 Å². The number of methoxy groups -OCH3 is 2. The number of carbonyl (C=O) groups is 1. The van der Waals surface area contributed by atoms with Gasteiger partial charge in [-0.2, -0.15) is 4.98 Å². The molecular weight excluding hydrogens is 592 g/mol. The van der Waals surface area contributed by atoms with E-state index in [4.69, 9.17) is 30.8 Å². The molecule has 1 saturated heterocycles. The van der Waals surface area contributed by atoms with Crippen molar-refractivity contribution in [3.63, 3.8) is 0 Å². The molecule has 0 radical (unpaired) electrons. The highest BCUT2D eigenvalue weighted by atomic mass is 35.5.